The molecular formula is C23H23N3O3. The molecule has 4 heterocycles. The molecule has 0 aliphatic carbocycles. The first-order valence-corrected chi connectivity index (χ1v) is 10.0. The smallest absolute Gasteiger partial charge is 0.237 e. The third-order valence-electron chi connectivity index (χ3n) is 6.11. The zero-order valence-electron chi connectivity index (χ0n) is 16.6. The van der Waals surface area contributed by atoms with Crippen molar-refractivity contribution in [2.45, 2.75) is 25.2 Å². The molecule has 2 aliphatic heterocycles. The number of pyridine rings is 2. The molecule has 1 saturated heterocycles. The first-order valence-electron chi connectivity index (χ1n) is 10.0. The predicted octanol–water partition coefficient (Wildman–Crippen LogP) is 3.72. The number of anilines is 1. The van der Waals surface area contributed by atoms with E-state index in [-0.39, 0.29) is 5.91 Å². The van der Waals surface area contributed by atoms with Crippen molar-refractivity contribution in [3.8, 4) is 17.0 Å². The topological polar surface area (TPSA) is 64.6 Å². The maximum absolute atomic E-state index is 13.3. The van der Waals surface area contributed by atoms with Gasteiger partial charge in [0.15, 0.2) is 0 Å². The summed E-state index contributed by atoms with van der Waals surface area (Å²) in [7, 11) is 1.85. The minimum atomic E-state index is -0.515. The van der Waals surface area contributed by atoms with Gasteiger partial charge in [0.1, 0.15) is 0 Å². The van der Waals surface area contributed by atoms with Crippen LogP contribution in [-0.4, -0.2) is 42.7 Å². The quantitative estimate of drug-likeness (QED) is 0.683. The van der Waals surface area contributed by atoms with Gasteiger partial charge in [-0.25, -0.2) is 4.98 Å². The van der Waals surface area contributed by atoms with Gasteiger partial charge in [-0.1, -0.05) is 6.07 Å². The summed E-state index contributed by atoms with van der Waals surface area (Å²) in [6.07, 6.45) is 5.07. The molecule has 0 bridgehead atoms. The molecule has 1 fully saturated rings. The van der Waals surface area contributed by atoms with Crippen molar-refractivity contribution in [1.82, 2.24) is 9.97 Å². The van der Waals surface area contributed by atoms with Crippen LogP contribution in [0, 0.1) is 0 Å². The number of carbonyl (C=O) groups is 1. The Kier molecular flexibility index (Phi) is 4.24. The summed E-state index contributed by atoms with van der Waals surface area (Å²) in [6, 6.07) is 10.1. The van der Waals surface area contributed by atoms with E-state index < -0.39 is 5.41 Å². The summed E-state index contributed by atoms with van der Waals surface area (Å²) >= 11 is 0. The van der Waals surface area contributed by atoms with Crippen molar-refractivity contribution in [1.29, 1.82) is 0 Å². The zero-order valence-corrected chi connectivity index (χ0v) is 16.6. The van der Waals surface area contributed by atoms with E-state index in [1.165, 1.54) is 0 Å². The Morgan fingerprint density at radius 2 is 1.90 bits per heavy atom. The van der Waals surface area contributed by atoms with Crippen LogP contribution in [0.5, 0.6) is 5.88 Å². The Morgan fingerprint density at radius 3 is 2.62 bits per heavy atom. The Bertz CT molecular complexity index is 1090. The summed E-state index contributed by atoms with van der Waals surface area (Å²) in [5.41, 5.74) is 4.45. The Labute approximate surface area is 169 Å². The fraction of sp³-hybridized carbons (Fsp3) is 0.348. The number of benzene rings is 1. The number of hydrogen-bond donors (Lipinski definition) is 0. The van der Waals surface area contributed by atoms with Gasteiger partial charge in [-0.05, 0) is 43.5 Å². The molecule has 2 aromatic heterocycles. The maximum Gasteiger partial charge on any atom is 0.237 e. The van der Waals surface area contributed by atoms with Crippen molar-refractivity contribution in [3.05, 3.63) is 48.3 Å². The van der Waals surface area contributed by atoms with E-state index in [1.807, 2.05) is 44.6 Å². The molecule has 3 aromatic rings. The van der Waals surface area contributed by atoms with Crippen LogP contribution < -0.4 is 9.64 Å². The highest BCUT2D eigenvalue weighted by Crippen LogP contribution is 2.50. The van der Waals surface area contributed by atoms with Gasteiger partial charge >= 0.3 is 0 Å². The van der Waals surface area contributed by atoms with Crippen LogP contribution >= 0.6 is 0 Å². The molecule has 6 heteroatoms. The maximum atomic E-state index is 13.3. The number of rotatable bonds is 3. The molecule has 0 unspecified atom stereocenters. The number of fused-ring (bicyclic) bond motifs is 4. The van der Waals surface area contributed by atoms with Crippen molar-refractivity contribution in [2.24, 2.45) is 0 Å². The van der Waals surface area contributed by atoms with Crippen LogP contribution in [0.1, 0.15) is 25.3 Å². The molecule has 0 radical (unpaired) electrons. The van der Waals surface area contributed by atoms with E-state index in [9.17, 15) is 4.79 Å². The average Bonchev–Trinajstić information content (AvgIpc) is 2.97. The van der Waals surface area contributed by atoms with Gasteiger partial charge in [-0.3, -0.25) is 9.78 Å². The fourth-order valence-corrected chi connectivity index (χ4v) is 4.62. The van der Waals surface area contributed by atoms with E-state index in [0.29, 0.717) is 38.5 Å². The Morgan fingerprint density at radius 1 is 1.10 bits per heavy atom. The van der Waals surface area contributed by atoms with Gasteiger partial charge in [-0.15, -0.1) is 0 Å². The molecule has 148 valence electrons. The van der Waals surface area contributed by atoms with Crippen LogP contribution in [-0.2, 0) is 14.9 Å². The Balaban J connectivity index is 1.68. The van der Waals surface area contributed by atoms with Crippen LogP contribution in [0.15, 0.2) is 42.7 Å². The number of aromatic nitrogens is 2. The van der Waals surface area contributed by atoms with E-state index in [2.05, 4.69) is 22.1 Å². The minimum absolute atomic E-state index is 0.151. The van der Waals surface area contributed by atoms with Gasteiger partial charge in [0, 0.05) is 49.0 Å². The molecule has 2 aliphatic rings. The highest BCUT2D eigenvalue weighted by atomic mass is 16.5. The zero-order chi connectivity index (χ0) is 20.0. The highest BCUT2D eigenvalue weighted by molar-refractivity contribution is 6.12. The van der Waals surface area contributed by atoms with Crippen molar-refractivity contribution < 1.29 is 14.3 Å². The van der Waals surface area contributed by atoms with E-state index in [0.717, 1.165) is 33.3 Å². The molecule has 1 aromatic carbocycles. The van der Waals surface area contributed by atoms with E-state index >= 15 is 0 Å². The monoisotopic (exact) mass is 389 g/mol. The van der Waals surface area contributed by atoms with Gasteiger partial charge in [-0.2, -0.15) is 0 Å². The number of carbonyl (C=O) groups excluding carboxylic acids is 1. The standard InChI is InChI=1S/C23H23N3O3/c1-3-29-20-7-5-16(13-25-20)15-4-6-18-17(12-15)21-19(14-24-18)26(2)22(27)23(21)8-10-28-11-9-23/h4-7,12-14H,3,8-11H2,1-2H3. The lowest BCUT2D eigenvalue weighted by Crippen LogP contribution is -2.43. The second-order valence-electron chi connectivity index (χ2n) is 7.63. The third-order valence-corrected chi connectivity index (χ3v) is 6.11. The molecule has 5 rings (SSSR count). The van der Waals surface area contributed by atoms with Crippen LogP contribution in [0.3, 0.4) is 0 Å². The van der Waals surface area contributed by atoms with Gasteiger partial charge in [0.2, 0.25) is 11.8 Å². The lowest BCUT2D eigenvalue weighted by Gasteiger charge is -2.32. The molecule has 6 nitrogen and oxygen atoms in total. The average molecular weight is 389 g/mol. The van der Waals surface area contributed by atoms with E-state index in [4.69, 9.17) is 9.47 Å². The minimum Gasteiger partial charge on any atom is -0.478 e. The number of likely N-dealkylation sites (N-methyl/N-ethyl adjacent to an activating group) is 1. The molecule has 0 saturated carbocycles. The molecular weight excluding hydrogens is 366 g/mol. The summed E-state index contributed by atoms with van der Waals surface area (Å²) < 4.78 is 11.0. The van der Waals surface area contributed by atoms with Gasteiger partial charge in [0.25, 0.3) is 0 Å². The van der Waals surface area contributed by atoms with Crippen LogP contribution in [0.4, 0.5) is 5.69 Å². The predicted molar refractivity (Wildman–Crippen MR) is 111 cm³/mol. The van der Waals surface area contributed by atoms with Gasteiger partial charge in [0.05, 0.1) is 29.4 Å². The first kappa shape index (κ1) is 18.1. The summed E-state index contributed by atoms with van der Waals surface area (Å²) in [5, 5.41) is 1.04. The number of amides is 1. The molecule has 1 amide bonds. The van der Waals surface area contributed by atoms with E-state index in [1.54, 1.807) is 4.90 Å². The van der Waals surface area contributed by atoms with Crippen LogP contribution in [0.25, 0.3) is 22.0 Å². The fourth-order valence-electron chi connectivity index (χ4n) is 4.62. The van der Waals surface area contributed by atoms with Gasteiger partial charge < -0.3 is 14.4 Å². The summed E-state index contributed by atoms with van der Waals surface area (Å²) in [6.45, 7) is 3.74. The SMILES string of the molecule is CCOc1ccc(-c2ccc3ncc4c(c3c2)C2(CCOCC2)C(=O)N4C)cn1. The van der Waals surface area contributed by atoms with Crippen molar-refractivity contribution in [3.63, 3.8) is 0 Å². The lowest BCUT2D eigenvalue weighted by atomic mass is 9.74. The summed E-state index contributed by atoms with van der Waals surface area (Å²) in [5.74, 6) is 0.770. The normalized spacial score (nSPS) is 17.7. The molecule has 0 atom stereocenters. The number of nitrogens with zero attached hydrogens (tertiary/aromatic N) is 3. The van der Waals surface area contributed by atoms with Crippen molar-refractivity contribution in [2.75, 3.05) is 31.8 Å². The third kappa shape index (κ3) is 2.70. The number of hydrogen-bond acceptors (Lipinski definition) is 5. The van der Waals surface area contributed by atoms with Crippen LogP contribution in [0.2, 0.25) is 0 Å². The second-order valence-corrected chi connectivity index (χ2v) is 7.63. The first-order chi connectivity index (χ1) is 14.1. The number of ether oxygens (including phenoxy) is 2. The molecule has 29 heavy (non-hydrogen) atoms. The summed E-state index contributed by atoms with van der Waals surface area (Å²) in [4.78, 5) is 24.0. The molecule has 0 N–H and O–H groups in total. The molecule has 1 spiro atoms. The van der Waals surface area contributed by atoms with Crippen molar-refractivity contribution >= 4 is 22.5 Å². The Hall–Kier alpha value is -2.99. The lowest BCUT2D eigenvalue weighted by molar-refractivity contribution is -0.126. The highest BCUT2D eigenvalue weighted by Gasteiger charge is 2.51. The largest absolute Gasteiger partial charge is 0.478 e. The second kappa shape index (κ2) is 6.81.